The molecule has 0 aliphatic heterocycles. The first kappa shape index (κ1) is 6.03. The molecule has 0 N–H and O–H groups in total. The summed E-state index contributed by atoms with van der Waals surface area (Å²) in [5.41, 5.74) is 0.0202. The van der Waals surface area contributed by atoms with Crippen LogP contribution in [0.5, 0.6) is 0 Å². The summed E-state index contributed by atoms with van der Waals surface area (Å²) < 4.78 is 4.87. The maximum absolute atomic E-state index is 11.0. The molecule has 0 aromatic carbocycles. The third-order valence-electron chi connectivity index (χ3n) is 1.34. The summed E-state index contributed by atoms with van der Waals surface area (Å²) in [5, 5.41) is 0.412. The van der Waals surface area contributed by atoms with E-state index in [1.807, 2.05) is 0 Å². The van der Waals surface area contributed by atoms with Crippen molar-refractivity contribution in [3.8, 4) is 0 Å². The molecule has 0 aliphatic rings. The quantitative estimate of drug-likeness (QED) is 0.548. The van der Waals surface area contributed by atoms with E-state index in [1.165, 1.54) is 0 Å². The number of nitrogens with zero attached hydrogens (tertiary/aromatic N) is 2. The van der Waals surface area contributed by atoms with Crippen molar-refractivity contribution in [2.45, 2.75) is 0 Å². The molecule has 0 saturated heterocycles. The van der Waals surface area contributed by atoms with Crippen LogP contribution in [0.1, 0.15) is 0 Å². The molecule has 0 spiro atoms. The van der Waals surface area contributed by atoms with Crippen molar-refractivity contribution >= 4 is 11.1 Å². The summed E-state index contributed by atoms with van der Waals surface area (Å²) in [7, 11) is 0. The first-order valence-corrected chi connectivity index (χ1v) is 3.06. The minimum atomic E-state index is -0.306. The molecule has 0 unspecified atom stereocenters. The Kier molecular flexibility index (Phi) is 1.18. The zero-order valence-electron chi connectivity index (χ0n) is 5.52. The van der Waals surface area contributed by atoms with Crippen LogP contribution in [0.4, 0.5) is 0 Å². The van der Waals surface area contributed by atoms with Crippen LogP contribution < -0.4 is 5.56 Å². The van der Waals surface area contributed by atoms with Crippen LogP contribution in [0, 0.1) is 0 Å². The van der Waals surface area contributed by atoms with Crippen molar-refractivity contribution in [2.24, 2.45) is 0 Å². The maximum Gasteiger partial charge on any atom is 0.285 e. The average molecular weight is 148 g/mol. The second-order valence-electron chi connectivity index (χ2n) is 2.01. The SMILES string of the molecule is O=c1ncoc2ncccc12. The third kappa shape index (κ3) is 0.881. The van der Waals surface area contributed by atoms with Gasteiger partial charge in [0.05, 0.1) is 0 Å². The van der Waals surface area contributed by atoms with Gasteiger partial charge in [0, 0.05) is 6.20 Å². The van der Waals surface area contributed by atoms with E-state index < -0.39 is 0 Å². The van der Waals surface area contributed by atoms with Gasteiger partial charge in [0.2, 0.25) is 5.71 Å². The van der Waals surface area contributed by atoms with Crippen molar-refractivity contribution in [3.05, 3.63) is 35.1 Å². The normalized spacial score (nSPS) is 10.2. The summed E-state index contributed by atoms with van der Waals surface area (Å²) in [5.74, 6) is 0. The molecular formula is C7H4N2O2. The van der Waals surface area contributed by atoms with E-state index in [1.54, 1.807) is 18.3 Å². The van der Waals surface area contributed by atoms with E-state index in [-0.39, 0.29) is 5.56 Å². The van der Waals surface area contributed by atoms with Crippen LogP contribution in [0.15, 0.2) is 33.9 Å². The lowest BCUT2D eigenvalue weighted by atomic mass is 10.3. The second-order valence-corrected chi connectivity index (χ2v) is 2.01. The summed E-state index contributed by atoms with van der Waals surface area (Å²) >= 11 is 0. The molecule has 2 aromatic heterocycles. The van der Waals surface area contributed by atoms with Crippen molar-refractivity contribution < 1.29 is 4.42 Å². The molecule has 0 bridgehead atoms. The van der Waals surface area contributed by atoms with E-state index in [4.69, 9.17) is 4.42 Å². The van der Waals surface area contributed by atoms with Crippen LogP contribution in [-0.4, -0.2) is 9.97 Å². The molecular weight excluding hydrogens is 144 g/mol. The third-order valence-corrected chi connectivity index (χ3v) is 1.34. The molecule has 0 radical (unpaired) electrons. The highest BCUT2D eigenvalue weighted by molar-refractivity contribution is 5.70. The summed E-state index contributed by atoms with van der Waals surface area (Å²) in [4.78, 5) is 18.2. The Labute approximate surface area is 61.5 Å². The van der Waals surface area contributed by atoms with Gasteiger partial charge in [-0.15, -0.1) is 0 Å². The molecule has 4 heteroatoms. The minimum absolute atomic E-state index is 0.306. The number of hydrogen-bond acceptors (Lipinski definition) is 4. The number of hydrogen-bond donors (Lipinski definition) is 0. The van der Waals surface area contributed by atoms with Gasteiger partial charge >= 0.3 is 0 Å². The van der Waals surface area contributed by atoms with Gasteiger partial charge in [0.1, 0.15) is 5.39 Å². The van der Waals surface area contributed by atoms with Crippen LogP contribution in [0.3, 0.4) is 0 Å². The van der Waals surface area contributed by atoms with Gasteiger partial charge in [-0.1, -0.05) is 0 Å². The number of rotatable bonds is 0. The zero-order chi connectivity index (χ0) is 7.68. The first-order valence-electron chi connectivity index (χ1n) is 3.06. The summed E-state index contributed by atoms with van der Waals surface area (Å²) in [6, 6.07) is 3.29. The van der Waals surface area contributed by atoms with Gasteiger partial charge < -0.3 is 4.42 Å². The molecule has 2 rings (SSSR count). The van der Waals surface area contributed by atoms with Crippen LogP contribution >= 0.6 is 0 Å². The van der Waals surface area contributed by atoms with Gasteiger partial charge in [-0.2, -0.15) is 4.98 Å². The largest absolute Gasteiger partial charge is 0.426 e. The molecule has 0 amide bonds. The molecule has 54 valence electrons. The molecule has 0 atom stereocenters. The lowest BCUT2D eigenvalue weighted by molar-refractivity contribution is 0.564. The fourth-order valence-corrected chi connectivity index (χ4v) is 0.841. The summed E-state index contributed by atoms with van der Waals surface area (Å²) in [6.45, 7) is 0. The Hall–Kier alpha value is -1.71. The molecule has 0 aliphatic carbocycles. The lowest BCUT2D eigenvalue weighted by Gasteiger charge is -1.89. The highest BCUT2D eigenvalue weighted by Gasteiger charge is 1.98. The van der Waals surface area contributed by atoms with E-state index in [0.717, 1.165) is 6.39 Å². The predicted molar refractivity (Wildman–Crippen MR) is 38.1 cm³/mol. The number of pyridine rings is 1. The molecule has 0 saturated carbocycles. The Morgan fingerprint density at radius 1 is 1.36 bits per heavy atom. The fourth-order valence-electron chi connectivity index (χ4n) is 0.841. The topological polar surface area (TPSA) is 56.0 Å². The van der Waals surface area contributed by atoms with E-state index >= 15 is 0 Å². The van der Waals surface area contributed by atoms with Crippen molar-refractivity contribution in [1.29, 1.82) is 0 Å². The van der Waals surface area contributed by atoms with Crippen LogP contribution in [-0.2, 0) is 0 Å². The molecule has 0 fully saturated rings. The van der Waals surface area contributed by atoms with Gasteiger partial charge in [0.15, 0.2) is 6.39 Å². The number of aromatic nitrogens is 2. The van der Waals surface area contributed by atoms with Gasteiger partial charge in [-0.3, -0.25) is 4.79 Å². The standard InChI is InChI=1S/C7H4N2O2/c10-6-5-2-1-3-8-7(5)11-4-9-6/h1-4H. The molecule has 11 heavy (non-hydrogen) atoms. The lowest BCUT2D eigenvalue weighted by Crippen LogP contribution is -2.04. The zero-order valence-corrected chi connectivity index (χ0v) is 5.52. The molecule has 4 nitrogen and oxygen atoms in total. The van der Waals surface area contributed by atoms with Gasteiger partial charge in [-0.05, 0) is 12.1 Å². The van der Waals surface area contributed by atoms with Crippen LogP contribution in [0.25, 0.3) is 11.1 Å². The predicted octanol–water partition coefficient (Wildman–Crippen LogP) is 0.583. The maximum atomic E-state index is 11.0. The fraction of sp³-hybridized carbons (Fsp3) is 0. The first-order chi connectivity index (χ1) is 5.38. The Morgan fingerprint density at radius 2 is 2.27 bits per heavy atom. The molecule has 2 aromatic rings. The highest BCUT2D eigenvalue weighted by Crippen LogP contribution is 2.01. The van der Waals surface area contributed by atoms with E-state index in [9.17, 15) is 4.79 Å². The van der Waals surface area contributed by atoms with Gasteiger partial charge in [0.25, 0.3) is 5.56 Å². The van der Waals surface area contributed by atoms with E-state index in [2.05, 4.69) is 9.97 Å². The van der Waals surface area contributed by atoms with Crippen molar-refractivity contribution in [1.82, 2.24) is 9.97 Å². The number of fused-ring (bicyclic) bond motifs is 1. The van der Waals surface area contributed by atoms with Gasteiger partial charge in [-0.25, -0.2) is 4.98 Å². The van der Waals surface area contributed by atoms with Crippen molar-refractivity contribution in [3.63, 3.8) is 0 Å². The smallest absolute Gasteiger partial charge is 0.285 e. The Balaban J connectivity index is 3.03. The van der Waals surface area contributed by atoms with E-state index in [0.29, 0.717) is 11.1 Å². The minimum Gasteiger partial charge on any atom is -0.426 e. The second kappa shape index (κ2) is 2.16. The Bertz CT molecular complexity index is 430. The monoisotopic (exact) mass is 148 g/mol. The van der Waals surface area contributed by atoms with Crippen LogP contribution in [0.2, 0.25) is 0 Å². The average Bonchev–Trinajstić information content (AvgIpc) is 2.06. The Morgan fingerprint density at radius 3 is 3.09 bits per heavy atom. The highest BCUT2D eigenvalue weighted by atomic mass is 16.3. The van der Waals surface area contributed by atoms with Crippen molar-refractivity contribution in [2.75, 3.05) is 0 Å². The summed E-state index contributed by atoms with van der Waals surface area (Å²) in [6.07, 6.45) is 2.66. The molecule has 2 heterocycles.